The highest BCUT2D eigenvalue weighted by Gasteiger charge is 2.51. The van der Waals surface area contributed by atoms with Gasteiger partial charge in [0.2, 0.25) is 5.91 Å². The number of nitrogens with zero attached hydrogens (tertiary/aromatic N) is 2. The van der Waals surface area contributed by atoms with Crippen LogP contribution < -0.4 is 0 Å². The Hall–Kier alpha value is -1.68. The fourth-order valence-electron chi connectivity index (χ4n) is 4.96. The van der Waals surface area contributed by atoms with E-state index in [0.29, 0.717) is 18.4 Å². The van der Waals surface area contributed by atoms with Crippen molar-refractivity contribution < 1.29 is 9.53 Å². The zero-order chi connectivity index (χ0) is 17.3. The summed E-state index contributed by atoms with van der Waals surface area (Å²) in [6.07, 6.45) is 13.6. The summed E-state index contributed by atoms with van der Waals surface area (Å²) in [4.78, 5) is 19.2. The third-order valence-electron chi connectivity index (χ3n) is 6.30. The number of likely N-dealkylation sites (tertiary alicyclic amines) is 1. The molecule has 0 radical (unpaired) electrons. The fourth-order valence-corrected chi connectivity index (χ4v) is 4.96. The normalized spacial score (nSPS) is 28.7. The molecule has 25 heavy (non-hydrogen) atoms. The van der Waals surface area contributed by atoms with E-state index in [-0.39, 0.29) is 11.3 Å². The van der Waals surface area contributed by atoms with Crippen LogP contribution in [0.2, 0.25) is 0 Å². The average Bonchev–Trinajstić information content (AvgIpc) is 3.30. The van der Waals surface area contributed by atoms with Gasteiger partial charge in [-0.1, -0.05) is 24.6 Å². The van der Waals surface area contributed by atoms with Crippen LogP contribution in [0.5, 0.6) is 0 Å². The number of carbonyl (C=O) groups excluding carboxylic acids is 1. The first kappa shape index (κ1) is 16.8. The van der Waals surface area contributed by atoms with Crippen molar-refractivity contribution in [2.24, 2.45) is 17.3 Å². The maximum Gasteiger partial charge on any atom is 0.226 e. The Morgan fingerprint density at radius 3 is 3.00 bits per heavy atom. The molecular weight excluding hydrogens is 312 g/mol. The number of hydrogen-bond acceptors (Lipinski definition) is 3. The van der Waals surface area contributed by atoms with Crippen LogP contribution in [0.4, 0.5) is 0 Å². The van der Waals surface area contributed by atoms with Crippen molar-refractivity contribution in [3.63, 3.8) is 0 Å². The van der Waals surface area contributed by atoms with E-state index >= 15 is 0 Å². The molecular formula is C21H28N2O2. The number of fused-ring (bicyclic) bond motifs is 1. The lowest BCUT2D eigenvalue weighted by Gasteiger charge is -2.29. The van der Waals surface area contributed by atoms with Crippen molar-refractivity contribution in [2.45, 2.75) is 45.6 Å². The van der Waals surface area contributed by atoms with Gasteiger partial charge in [-0.25, -0.2) is 0 Å². The molecule has 2 atom stereocenters. The Morgan fingerprint density at radius 1 is 1.36 bits per heavy atom. The number of rotatable bonds is 5. The molecule has 2 fully saturated rings. The van der Waals surface area contributed by atoms with Gasteiger partial charge in [0.25, 0.3) is 0 Å². The van der Waals surface area contributed by atoms with Crippen LogP contribution in [0.3, 0.4) is 0 Å². The Bertz CT molecular complexity index is 664. The van der Waals surface area contributed by atoms with E-state index in [1.165, 1.54) is 24.8 Å². The number of carbonyl (C=O) groups is 1. The lowest BCUT2D eigenvalue weighted by atomic mass is 9.81. The molecule has 4 nitrogen and oxygen atoms in total. The zero-order valence-electron chi connectivity index (χ0n) is 15.1. The standard InChI is InChI=1S/C21H28N2O2/c1-16-9-17(11-22-10-16)13-25-15-21-8-4-7-19(21)12-23(14-21)20(24)18-5-2-3-6-18/h2-3,9-11,18-19H,4-8,12-15H2,1H3/t19-,21+/m0/s1. The summed E-state index contributed by atoms with van der Waals surface area (Å²) in [6.45, 7) is 5.26. The van der Waals surface area contributed by atoms with Crippen molar-refractivity contribution in [1.82, 2.24) is 9.88 Å². The Balaban J connectivity index is 1.36. The molecule has 134 valence electrons. The summed E-state index contributed by atoms with van der Waals surface area (Å²) in [5, 5.41) is 0. The second-order valence-electron chi connectivity index (χ2n) is 8.17. The minimum atomic E-state index is 0.180. The first-order valence-corrected chi connectivity index (χ1v) is 9.58. The molecule has 2 heterocycles. The zero-order valence-corrected chi connectivity index (χ0v) is 15.1. The van der Waals surface area contributed by atoms with E-state index in [1.54, 1.807) is 0 Å². The van der Waals surface area contributed by atoms with E-state index in [0.717, 1.165) is 38.1 Å². The minimum Gasteiger partial charge on any atom is -0.376 e. The molecule has 2 aliphatic carbocycles. The van der Waals surface area contributed by atoms with Gasteiger partial charge in [0.1, 0.15) is 0 Å². The molecule has 0 spiro atoms. The summed E-state index contributed by atoms with van der Waals surface area (Å²) in [7, 11) is 0. The monoisotopic (exact) mass is 340 g/mol. The smallest absolute Gasteiger partial charge is 0.226 e. The van der Waals surface area contributed by atoms with Crippen molar-refractivity contribution in [3.05, 3.63) is 41.7 Å². The van der Waals surface area contributed by atoms with Gasteiger partial charge >= 0.3 is 0 Å². The summed E-state index contributed by atoms with van der Waals surface area (Å²) in [6, 6.07) is 2.13. The van der Waals surface area contributed by atoms with E-state index in [2.05, 4.69) is 35.0 Å². The quantitative estimate of drug-likeness (QED) is 0.771. The number of aromatic nitrogens is 1. The maximum absolute atomic E-state index is 12.8. The number of ether oxygens (including phenoxy) is 1. The summed E-state index contributed by atoms with van der Waals surface area (Å²) in [5.74, 6) is 1.17. The van der Waals surface area contributed by atoms with Gasteiger partial charge in [-0.05, 0) is 49.7 Å². The van der Waals surface area contributed by atoms with Crippen LogP contribution in [0, 0.1) is 24.2 Å². The fraction of sp³-hybridized carbons (Fsp3) is 0.619. The number of hydrogen-bond donors (Lipinski definition) is 0. The molecule has 3 aliphatic rings. The van der Waals surface area contributed by atoms with Crippen LogP contribution in [0.15, 0.2) is 30.6 Å². The first-order valence-electron chi connectivity index (χ1n) is 9.58. The molecule has 1 saturated carbocycles. The van der Waals surface area contributed by atoms with Crippen LogP contribution in [-0.4, -0.2) is 35.5 Å². The van der Waals surface area contributed by atoms with E-state index in [9.17, 15) is 4.79 Å². The largest absolute Gasteiger partial charge is 0.376 e. The highest BCUT2D eigenvalue weighted by atomic mass is 16.5. The molecule has 1 saturated heterocycles. The van der Waals surface area contributed by atoms with Crippen molar-refractivity contribution in [2.75, 3.05) is 19.7 Å². The van der Waals surface area contributed by atoms with Crippen LogP contribution >= 0.6 is 0 Å². The highest BCUT2D eigenvalue weighted by molar-refractivity contribution is 5.80. The number of allylic oxidation sites excluding steroid dienone is 2. The van der Waals surface area contributed by atoms with Gasteiger partial charge in [-0.15, -0.1) is 0 Å². The second-order valence-corrected chi connectivity index (χ2v) is 8.17. The summed E-state index contributed by atoms with van der Waals surface area (Å²) < 4.78 is 6.13. The van der Waals surface area contributed by atoms with Gasteiger partial charge in [0.05, 0.1) is 13.2 Å². The van der Waals surface area contributed by atoms with Crippen LogP contribution in [0.25, 0.3) is 0 Å². The van der Waals surface area contributed by atoms with E-state index in [4.69, 9.17) is 4.74 Å². The molecule has 0 bridgehead atoms. The third-order valence-corrected chi connectivity index (χ3v) is 6.30. The Kier molecular flexibility index (Phi) is 4.63. The third kappa shape index (κ3) is 3.37. The summed E-state index contributed by atoms with van der Waals surface area (Å²) in [5.41, 5.74) is 2.48. The van der Waals surface area contributed by atoms with E-state index in [1.807, 2.05) is 12.4 Å². The van der Waals surface area contributed by atoms with E-state index < -0.39 is 0 Å². The topological polar surface area (TPSA) is 42.4 Å². The molecule has 4 heteroatoms. The Labute approximate surface area is 150 Å². The number of amides is 1. The van der Waals surface area contributed by atoms with Crippen molar-refractivity contribution in [1.29, 1.82) is 0 Å². The van der Waals surface area contributed by atoms with Gasteiger partial charge < -0.3 is 9.64 Å². The SMILES string of the molecule is Cc1cncc(COC[C@]23CCC[C@H]2CN(C(=O)C2CC=CC2)C3)c1. The van der Waals surface area contributed by atoms with Gasteiger partial charge in [-0.2, -0.15) is 0 Å². The lowest BCUT2D eigenvalue weighted by molar-refractivity contribution is -0.134. The van der Waals surface area contributed by atoms with Crippen LogP contribution in [0.1, 0.15) is 43.2 Å². The molecule has 1 aliphatic heterocycles. The van der Waals surface area contributed by atoms with Crippen molar-refractivity contribution in [3.8, 4) is 0 Å². The van der Waals surface area contributed by atoms with Crippen LogP contribution in [-0.2, 0) is 16.1 Å². The minimum absolute atomic E-state index is 0.180. The Morgan fingerprint density at radius 2 is 2.20 bits per heavy atom. The molecule has 1 amide bonds. The van der Waals surface area contributed by atoms with Gasteiger partial charge in [0.15, 0.2) is 0 Å². The van der Waals surface area contributed by atoms with Crippen molar-refractivity contribution >= 4 is 5.91 Å². The lowest BCUT2D eigenvalue weighted by Crippen LogP contribution is -2.37. The predicted molar refractivity (Wildman–Crippen MR) is 96.8 cm³/mol. The predicted octanol–water partition coefficient (Wildman–Crippen LogP) is 3.50. The molecule has 0 aromatic carbocycles. The average molecular weight is 340 g/mol. The van der Waals surface area contributed by atoms with Gasteiger partial charge in [0, 0.05) is 36.8 Å². The summed E-state index contributed by atoms with van der Waals surface area (Å²) >= 11 is 0. The highest BCUT2D eigenvalue weighted by Crippen LogP contribution is 2.49. The molecule has 1 aromatic rings. The maximum atomic E-state index is 12.8. The number of pyridine rings is 1. The number of aryl methyl sites for hydroxylation is 1. The molecule has 0 unspecified atom stereocenters. The first-order chi connectivity index (χ1) is 12.2. The molecule has 0 N–H and O–H groups in total. The van der Waals surface area contributed by atoms with Gasteiger partial charge in [-0.3, -0.25) is 9.78 Å². The second kappa shape index (κ2) is 6.91. The molecule has 4 rings (SSSR count). The molecule has 1 aromatic heterocycles.